The Kier molecular flexibility index (Phi) is 9.35. The van der Waals surface area contributed by atoms with Crippen LogP contribution in [-0.4, -0.2) is 50.7 Å². The molecule has 6 rings (SSSR count). The molecule has 234 valence electrons. The summed E-state index contributed by atoms with van der Waals surface area (Å²) in [6, 6.07) is 22.4. The lowest BCUT2D eigenvalue weighted by Crippen LogP contribution is -2.24. The van der Waals surface area contributed by atoms with Crippen molar-refractivity contribution in [1.29, 1.82) is 0 Å². The van der Waals surface area contributed by atoms with E-state index in [-0.39, 0.29) is 6.61 Å². The Bertz CT molecular complexity index is 1860. The van der Waals surface area contributed by atoms with Crippen LogP contribution in [0.2, 0.25) is 0 Å². The zero-order chi connectivity index (χ0) is 31.9. The number of ether oxygens (including phenoxy) is 2. The minimum Gasteiger partial charge on any atom is -0.497 e. The maximum atomic E-state index is 9.28. The van der Waals surface area contributed by atoms with Crippen LogP contribution in [0.3, 0.4) is 0 Å². The lowest BCUT2D eigenvalue weighted by Gasteiger charge is -2.26. The van der Waals surface area contributed by atoms with Gasteiger partial charge in [-0.15, -0.1) is 0 Å². The topological polar surface area (TPSA) is 110 Å². The molecule has 46 heavy (non-hydrogen) atoms. The first-order valence-corrected chi connectivity index (χ1v) is 15.2. The predicted octanol–water partition coefficient (Wildman–Crippen LogP) is 6.41. The fourth-order valence-electron chi connectivity index (χ4n) is 5.45. The van der Waals surface area contributed by atoms with Gasteiger partial charge in [-0.2, -0.15) is 5.10 Å². The zero-order valence-electron chi connectivity index (χ0n) is 26.2. The molecule has 0 fully saturated rings. The first-order valence-electron chi connectivity index (χ1n) is 15.2. The van der Waals surface area contributed by atoms with Gasteiger partial charge in [0.15, 0.2) is 0 Å². The Morgan fingerprint density at radius 3 is 2.20 bits per heavy atom. The van der Waals surface area contributed by atoms with Crippen molar-refractivity contribution in [2.75, 3.05) is 31.0 Å². The molecule has 10 heteroatoms. The third-order valence-electron chi connectivity index (χ3n) is 7.86. The number of anilines is 3. The smallest absolute Gasteiger partial charge is 0.139 e. The lowest BCUT2D eigenvalue weighted by molar-refractivity contribution is 0.269. The van der Waals surface area contributed by atoms with Crippen molar-refractivity contribution in [2.45, 2.75) is 33.0 Å². The second-order valence-electron chi connectivity index (χ2n) is 10.9. The number of aryl methyl sites for hydroxylation is 1. The van der Waals surface area contributed by atoms with Gasteiger partial charge in [-0.1, -0.05) is 31.2 Å². The molecule has 0 saturated heterocycles. The largest absolute Gasteiger partial charge is 0.497 e. The summed E-state index contributed by atoms with van der Waals surface area (Å²) in [6.07, 6.45) is 10.0. The summed E-state index contributed by atoms with van der Waals surface area (Å²) < 4.78 is 12.5. The Morgan fingerprint density at radius 2 is 1.57 bits per heavy atom. The number of hydrogen-bond acceptors (Lipinski definition) is 9. The van der Waals surface area contributed by atoms with E-state index in [9.17, 15) is 5.11 Å². The molecule has 4 aromatic heterocycles. The van der Waals surface area contributed by atoms with Gasteiger partial charge in [-0.25, -0.2) is 9.97 Å². The molecule has 0 unspecified atom stereocenters. The molecule has 0 radical (unpaired) electrons. The fourth-order valence-corrected chi connectivity index (χ4v) is 5.45. The van der Waals surface area contributed by atoms with E-state index in [1.54, 1.807) is 25.1 Å². The van der Waals surface area contributed by atoms with E-state index in [0.717, 1.165) is 62.6 Å². The molecule has 0 bridgehead atoms. The number of aliphatic hydroxyl groups is 1. The number of benzene rings is 2. The monoisotopic (exact) mass is 615 g/mol. The first-order chi connectivity index (χ1) is 22.6. The maximum absolute atomic E-state index is 9.28. The van der Waals surface area contributed by atoms with Crippen LogP contribution in [0.25, 0.3) is 22.0 Å². The minimum absolute atomic E-state index is 0.0194. The zero-order valence-corrected chi connectivity index (χ0v) is 26.2. The molecular weight excluding hydrogens is 578 g/mol. The highest BCUT2D eigenvalue weighted by molar-refractivity contribution is 5.96. The summed E-state index contributed by atoms with van der Waals surface area (Å²) in [4.78, 5) is 16.8. The van der Waals surface area contributed by atoms with E-state index in [1.807, 2.05) is 55.1 Å². The van der Waals surface area contributed by atoms with Crippen LogP contribution < -0.4 is 19.7 Å². The van der Waals surface area contributed by atoms with Crippen molar-refractivity contribution in [3.63, 3.8) is 0 Å². The average Bonchev–Trinajstić information content (AvgIpc) is 3.54. The van der Waals surface area contributed by atoms with Crippen LogP contribution in [0.1, 0.15) is 23.6 Å². The standard InChI is InChI=1S/C36H37N7O3/c1-4-27-13-14-37-20-32(27)34-17-28-18-35(40-29-19-39-43(24-29)15-16-44)38-21-33(28)36(41-34)42(22-25-5-9-30(45-2)10-6-25)23-26-7-11-31(46-3)12-8-26/h5-14,17-21,24,44H,4,15-16,22-23H2,1-3H3,(H,38,40). The summed E-state index contributed by atoms with van der Waals surface area (Å²) in [6.45, 7) is 3.81. The molecule has 0 aliphatic heterocycles. The number of nitrogens with one attached hydrogen (secondary N) is 1. The molecule has 6 aromatic rings. The molecule has 0 atom stereocenters. The summed E-state index contributed by atoms with van der Waals surface area (Å²) in [5.41, 5.74) is 6.05. The van der Waals surface area contributed by atoms with E-state index in [2.05, 4.69) is 63.6 Å². The van der Waals surface area contributed by atoms with Crippen molar-refractivity contribution in [3.05, 3.63) is 114 Å². The number of aliphatic hydroxyl groups excluding tert-OH is 1. The highest BCUT2D eigenvalue weighted by Crippen LogP contribution is 2.34. The Morgan fingerprint density at radius 1 is 0.870 bits per heavy atom. The third-order valence-corrected chi connectivity index (χ3v) is 7.86. The molecule has 0 amide bonds. The van der Waals surface area contributed by atoms with Crippen LogP contribution in [-0.2, 0) is 26.1 Å². The molecule has 0 aliphatic rings. The van der Waals surface area contributed by atoms with Crippen LogP contribution in [0.4, 0.5) is 17.3 Å². The number of fused-ring (bicyclic) bond motifs is 1. The van der Waals surface area contributed by atoms with Crippen molar-refractivity contribution in [2.24, 2.45) is 0 Å². The quantitative estimate of drug-likeness (QED) is 0.152. The van der Waals surface area contributed by atoms with Crippen molar-refractivity contribution >= 4 is 28.1 Å². The summed E-state index contributed by atoms with van der Waals surface area (Å²) >= 11 is 0. The number of aromatic nitrogens is 5. The normalized spacial score (nSPS) is 11.0. The minimum atomic E-state index is 0.0194. The number of hydrogen-bond donors (Lipinski definition) is 2. The average molecular weight is 616 g/mol. The first kappa shape index (κ1) is 30.5. The summed E-state index contributed by atoms with van der Waals surface area (Å²) in [7, 11) is 3.35. The van der Waals surface area contributed by atoms with Crippen LogP contribution in [0.15, 0.2) is 97.7 Å². The number of nitrogens with zero attached hydrogens (tertiary/aromatic N) is 6. The third kappa shape index (κ3) is 6.92. The van der Waals surface area contributed by atoms with Gasteiger partial charge in [0.1, 0.15) is 23.1 Å². The second kappa shape index (κ2) is 14.1. The van der Waals surface area contributed by atoms with Gasteiger partial charge in [0.25, 0.3) is 0 Å². The molecule has 2 aromatic carbocycles. The van der Waals surface area contributed by atoms with Gasteiger partial charge in [0.2, 0.25) is 0 Å². The molecule has 10 nitrogen and oxygen atoms in total. The van der Waals surface area contributed by atoms with Gasteiger partial charge < -0.3 is 24.8 Å². The van der Waals surface area contributed by atoms with Crippen molar-refractivity contribution < 1.29 is 14.6 Å². The van der Waals surface area contributed by atoms with Gasteiger partial charge in [-0.3, -0.25) is 9.67 Å². The SMILES string of the molecule is CCc1ccncc1-c1cc2cc(Nc3cnn(CCO)c3)ncc2c(N(Cc2ccc(OC)cc2)Cc2ccc(OC)cc2)n1. The molecule has 0 saturated carbocycles. The van der Waals surface area contributed by atoms with Gasteiger partial charge >= 0.3 is 0 Å². The summed E-state index contributed by atoms with van der Waals surface area (Å²) in [5, 5.41) is 18.9. The van der Waals surface area contributed by atoms with E-state index in [0.29, 0.717) is 25.5 Å². The maximum Gasteiger partial charge on any atom is 0.139 e. The van der Waals surface area contributed by atoms with Gasteiger partial charge in [0, 0.05) is 48.8 Å². The van der Waals surface area contributed by atoms with Crippen molar-refractivity contribution in [3.8, 4) is 22.8 Å². The molecule has 0 aliphatic carbocycles. The lowest BCUT2D eigenvalue weighted by atomic mass is 10.0. The molecular formula is C36H37N7O3. The second-order valence-corrected chi connectivity index (χ2v) is 10.9. The Hall–Kier alpha value is -5.48. The number of rotatable bonds is 13. The van der Waals surface area contributed by atoms with E-state index in [1.165, 1.54) is 5.56 Å². The van der Waals surface area contributed by atoms with Crippen molar-refractivity contribution in [1.82, 2.24) is 24.7 Å². The van der Waals surface area contributed by atoms with E-state index >= 15 is 0 Å². The Labute approximate surface area is 268 Å². The Balaban J connectivity index is 1.47. The molecule has 2 N–H and O–H groups in total. The van der Waals surface area contributed by atoms with Gasteiger partial charge in [-0.05, 0) is 71.0 Å². The van der Waals surface area contributed by atoms with Gasteiger partial charge in [0.05, 0.1) is 44.9 Å². The van der Waals surface area contributed by atoms with Crippen LogP contribution in [0, 0.1) is 0 Å². The van der Waals surface area contributed by atoms with Crippen LogP contribution >= 0.6 is 0 Å². The number of pyridine rings is 3. The molecule has 4 heterocycles. The fraction of sp³-hybridized carbons (Fsp3) is 0.222. The number of methoxy groups -OCH3 is 2. The highest BCUT2D eigenvalue weighted by atomic mass is 16.5. The predicted molar refractivity (Wildman–Crippen MR) is 181 cm³/mol. The van der Waals surface area contributed by atoms with E-state index < -0.39 is 0 Å². The van der Waals surface area contributed by atoms with E-state index in [4.69, 9.17) is 19.4 Å². The highest BCUT2D eigenvalue weighted by Gasteiger charge is 2.18. The summed E-state index contributed by atoms with van der Waals surface area (Å²) in [5.74, 6) is 3.12. The molecule has 0 spiro atoms. The van der Waals surface area contributed by atoms with Crippen LogP contribution in [0.5, 0.6) is 11.5 Å².